The van der Waals surface area contributed by atoms with Crippen LogP contribution in [0.5, 0.6) is 0 Å². The average molecular weight is 437 g/mol. The maximum atomic E-state index is 12.4. The van der Waals surface area contributed by atoms with Gasteiger partial charge >= 0.3 is 0 Å². The summed E-state index contributed by atoms with van der Waals surface area (Å²) >= 11 is 11.9. The van der Waals surface area contributed by atoms with E-state index in [0.29, 0.717) is 41.9 Å². The van der Waals surface area contributed by atoms with Crippen LogP contribution in [0.3, 0.4) is 0 Å². The highest BCUT2D eigenvalue weighted by atomic mass is 35.5. The number of aromatic nitrogens is 2. The second-order valence-corrected chi connectivity index (χ2v) is 8.16. The van der Waals surface area contributed by atoms with Gasteiger partial charge in [-0.25, -0.2) is 9.97 Å². The summed E-state index contributed by atoms with van der Waals surface area (Å²) in [5, 5.41) is 3.71. The lowest BCUT2D eigenvalue weighted by molar-refractivity contribution is -0.0749. The Morgan fingerprint density at radius 2 is 2.21 bits per heavy atom. The Morgan fingerprint density at radius 3 is 3.00 bits per heavy atom. The van der Waals surface area contributed by atoms with E-state index in [9.17, 15) is 4.79 Å². The van der Waals surface area contributed by atoms with Gasteiger partial charge in [-0.1, -0.05) is 23.2 Å². The lowest BCUT2D eigenvalue weighted by Crippen LogP contribution is -2.45. The highest BCUT2D eigenvalue weighted by Gasteiger charge is 2.43. The van der Waals surface area contributed by atoms with Crippen molar-refractivity contribution in [1.82, 2.24) is 15.3 Å². The van der Waals surface area contributed by atoms with Crippen LogP contribution < -0.4 is 10.2 Å². The van der Waals surface area contributed by atoms with E-state index in [1.54, 1.807) is 30.7 Å². The molecule has 2 atom stereocenters. The van der Waals surface area contributed by atoms with E-state index in [4.69, 9.17) is 32.7 Å². The van der Waals surface area contributed by atoms with Gasteiger partial charge in [0.15, 0.2) is 0 Å². The third-order valence-electron chi connectivity index (χ3n) is 5.25. The van der Waals surface area contributed by atoms with Gasteiger partial charge in [-0.05, 0) is 37.1 Å². The topological polar surface area (TPSA) is 76.6 Å². The summed E-state index contributed by atoms with van der Waals surface area (Å²) in [5.41, 5.74) is 0.0697. The van der Waals surface area contributed by atoms with Crippen LogP contribution in [0.4, 0.5) is 5.82 Å². The maximum Gasteiger partial charge on any atom is 0.251 e. The molecule has 0 radical (unpaired) electrons. The molecule has 4 rings (SSSR count). The molecule has 3 heterocycles. The molecule has 1 spiro atoms. The molecule has 1 aromatic heterocycles. The van der Waals surface area contributed by atoms with Crippen LogP contribution in [0, 0.1) is 0 Å². The summed E-state index contributed by atoms with van der Waals surface area (Å²) in [5.74, 6) is 0.665. The van der Waals surface area contributed by atoms with Gasteiger partial charge in [0.1, 0.15) is 17.7 Å². The average Bonchev–Trinajstić information content (AvgIpc) is 3.01. The number of rotatable bonds is 4. The summed E-state index contributed by atoms with van der Waals surface area (Å²) in [4.78, 5) is 22.9. The minimum atomic E-state index is -0.402. The van der Waals surface area contributed by atoms with Crippen molar-refractivity contribution in [2.24, 2.45) is 0 Å². The quantitative estimate of drug-likeness (QED) is 0.793. The molecule has 1 N–H and O–H groups in total. The standard InChI is InChI=1S/C20H22Cl2N4O3/c21-16-2-1-14(9-17(16)22)19(27)24-10-15-3-5-20(29-15)11-26(7-8-28-12-20)18-4-6-23-13-25-18/h1-2,4,6,9,13,15H,3,5,7-8,10-12H2,(H,24,27)/t15-,20+/m0/s1. The molecule has 2 aliphatic heterocycles. The zero-order chi connectivity index (χ0) is 20.3. The number of ether oxygens (including phenoxy) is 2. The van der Waals surface area contributed by atoms with Crippen molar-refractivity contribution in [3.63, 3.8) is 0 Å². The Labute approximate surface area is 179 Å². The highest BCUT2D eigenvalue weighted by molar-refractivity contribution is 6.42. The SMILES string of the molecule is O=C(NC[C@@H]1CC[C@@]2(COCCN(c3ccncn3)C2)O1)c1ccc(Cl)c(Cl)c1. The Morgan fingerprint density at radius 1 is 1.31 bits per heavy atom. The number of hydrogen-bond donors (Lipinski definition) is 1. The molecule has 0 saturated carbocycles. The molecule has 29 heavy (non-hydrogen) atoms. The lowest BCUT2D eigenvalue weighted by atomic mass is 10.00. The van der Waals surface area contributed by atoms with Crippen LogP contribution in [-0.2, 0) is 9.47 Å². The molecule has 1 amide bonds. The van der Waals surface area contributed by atoms with Crippen LogP contribution in [-0.4, -0.2) is 60.4 Å². The van der Waals surface area contributed by atoms with Gasteiger partial charge < -0.3 is 19.7 Å². The number of benzene rings is 1. The van der Waals surface area contributed by atoms with E-state index in [-0.39, 0.29) is 12.0 Å². The van der Waals surface area contributed by atoms with Gasteiger partial charge in [-0.2, -0.15) is 0 Å². The van der Waals surface area contributed by atoms with Crippen LogP contribution in [0.2, 0.25) is 10.0 Å². The second kappa shape index (κ2) is 8.83. The number of halogens is 2. The van der Waals surface area contributed by atoms with Crippen molar-refractivity contribution in [1.29, 1.82) is 0 Å². The Bertz CT molecular complexity index is 870. The number of amides is 1. The lowest BCUT2D eigenvalue weighted by Gasteiger charge is -2.32. The molecular weight excluding hydrogens is 415 g/mol. The van der Waals surface area contributed by atoms with Crippen molar-refractivity contribution >= 4 is 34.9 Å². The van der Waals surface area contributed by atoms with Crippen molar-refractivity contribution in [2.75, 3.05) is 37.7 Å². The van der Waals surface area contributed by atoms with Crippen molar-refractivity contribution in [2.45, 2.75) is 24.5 Å². The third-order valence-corrected chi connectivity index (χ3v) is 5.99. The number of nitrogens with one attached hydrogen (secondary N) is 1. The smallest absolute Gasteiger partial charge is 0.251 e. The van der Waals surface area contributed by atoms with E-state index in [1.165, 1.54) is 0 Å². The monoisotopic (exact) mass is 436 g/mol. The molecule has 0 bridgehead atoms. The zero-order valence-electron chi connectivity index (χ0n) is 15.8. The number of carbonyl (C=O) groups excluding carboxylic acids is 1. The van der Waals surface area contributed by atoms with Crippen molar-refractivity contribution < 1.29 is 14.3 Å². The first kappa shape index (κ1) is 20.3. The predicted molar refractivity (Wildman–Crippen MR) is 111 cm³/mol. The molecule has 2 aliphatic rings. The molecule has 0 unspecified atom stereocenters. The van der Waals surface area contributed by atoms with Crippen molar-refractivity contribution in [3.8, 4) is 0 Å². The fraction of sp³-hybridized carbons (Fsp3) is 0.450. The second-order valence-electron chi connectivity index (χ2n) is 7.34. The number of nitrogens with zero attached hydrogens (tertiary/aromatic N) is 3. The molecule has 2 aromatic rings. The summed E-state index contributed by atoms with van der Waals surface area (Å²) in [6.07, 6.45) is 4.92. The fourth-order valence-corrected chi connectivity index (χ4v) is 4.08. The number of carbonyl (C=O) groups is 1. The van der Waals surface area contributed by atoms with Gasteiger partial charge in [-0.15, -0.1) is 0 Å². The van der Waals surface area contributed by atoms with Gasteiger partial charge in [0.2, 0.25) is 0 Å². The highest BCUT2D eigenvalue weighted by Crippen LogP contribution is 2.34. The zero-order valence-corrected chi connectivity index (χ0v) is 17.3. The minimum absolute atomic E-state index is 0.0735. The fourth-order valence-electron chi connectivity index (χ4n) is 3.78. The van der Waals surface area contributed by atoms with E-state index in [0.717, 1.165) is 25.2 Å². The first-order valence-electron chi connectivity index (χ1n) is 9.54. The van der Waals surface area contributed by atoms with E-state index >= 15 is 0 Å². The van der Waals surface area contributed by atoms with Crippen molar-refractivity contribution in [3.05, 3.63) is 52.4 Å². The first-order chi connectivity index (χ1) is 14.0. The van der Waals surface area contributed by atoms with E-state index < -0.39 is 5.60 Å². The summed E-state index contributed by atoms with van der Waals surface area (Å²) in [6, 6.07) is 6.72. The molecule has 7 nitrogen and oxygen atoms in total. The van der Waals surface area contributed by atoms with Crippen LogP contribution >= 0.6 is 23.2 Å². The molecular formula is C20H22Cl2N4O3. The molecule has 2 saturated heterocycles. The predicted octanol–water partition coefficient (Wildman–Crippen LogP) is 2.97. The Kier molecular flexibility index (Phi) is 6.20. The van der Waals surface area contributed by atoms with E-state index in [2.05, 4.69) is 20.2 Å². The van der Waals surface area contributed by atoms with Gasteiger partial charge in [0.25, 0.3) is 5.91 Å². The van der Waals surface area contributed by atoms with Crippen LogP contribution in [0.25, 0.3) is 0 Å². The summed E-state index contributed by atoms with van der Waals surface area (Å²) in [6.45, 7) is 3.02. The molecule has 0 aliphatic carbocycles. The largest absolute Gasteiger partial charge is 0.377 e. The van der Waals surface area contributed by atoms with Gasteiger partial charge in [0, 0.05) is 24.8 Å². The molecule has 2 fully saturated rings. The van der Waals surface area contributed by atoms with Crippen LogP contribution in [0.1, 0.15) is 23.2 Å². The normalized spacial score (nSPS) is 24.5. The number of anilines is 1. The minimum Gasteiger partial charge on any atom is -0.377 e. The molecule has 154 valence electrons. The Hall–Kier alpha value is -1.93. The molecule has 1 aromatic carbocycles. The Balaban J connectivity index is 1.36. The molecule has 9 heteroatoms. The maximum absolute atomic E-state index is 12.4. The van der Waals surface area contributed by atoms with E-state index in [1.807, 2.05) is 6.07 Å². The third kappa shape index (κ3) is 4.80. The number of hydrogen-bond acceptors (Lipinski definition) is 6. The summed E-state index contributed by atoms with van der Waals surface area (Å²) in [7, 11) is 0. The first-order valence-corrected chi connectivity index (χ1v) is 10.3. The summed E-state index contributed by atoms with van der Waals surface area (Å²) < 4.78 is 12.2. The van der Waals surface area contributed by atoms with Gasteiger partial charge in [-0.3, -0.25) is 4.79 Å². The van der Waals surface area contributed by atoms with Gasteiger partial charge in [0.05, 0.1) is 35.9 Å². The van der Waals surface area contributed by atoms with Crippen LogP contribution in [0.15, 0.2) is 36.8 Å².